The quantitative estimate of drug-likeness (QED) is 0.402. The third kappa shape index (κ3) is 5.09. The molecule has 0 aliphatic carbocycles. The molecule has 13 heteroatoms. The fraction of sp³-hybridized carbons (Fsp3) is 0.419. The van der Waals surface area contributed by atoms with Crippen LogP contribution in [0.25, 0.3) is 22.0 Å². The third-order valence-electron chi connectivity index (χ3n) is 8.74. The Kier molecular flexibility index (Phi) is 7.83. The van der Waals surface area contributed by atoms with Crippen molar-refractivity contribution in [2.45, 2.75) is 32.0 Å². The Labute approximate surface area is 258 Å². The predicted molar refractivity (Wildman–Crippen MR) is 163 cm³/mol. The first-order valence-corrected chi connectivity index (χ1v) is 14.9. The minimum atomic E-state index is -0.829. The molecule has 10 nitrogen and oxygen atoms in total. The minimum Gasteiger partial charge on any atom is -0.488 e. The van der Waals surface area contributed by atoms with Gasteiger partial charge in [0.15, 0.2) is 5.75 Å². The van der Waals surface area contributed by atoms with E-state index in [2.05, 4.69) is 11.6 Å². The van der Waals surface area contributed by atoms with Crippen molar-refractivity contribution < 1.29 is 23.1 Å². The highest BCUT2D eigenvalue weighted by Gasteiger charge is 2.37. The molecule has 3 aliphatic heterocycles. The second-order valence-corrected chi connectivity index (χ2v) is 12.2. The summed E-state index contributed by atoms with van der Waals surface area (Å²) in [5, 5.41) is 0.646. The maximum absolute atomic E-state index is 15.2. The van der Waals surface area contributed by atoms with E-state index < -0.39 is 23.4 Å². The summed E-state index contributed by atoms with van der Waals surface area (Å²) in [7, 11) is 1.88. The van der Waals surface area contributed by atoms with Crippen LogP contribution in [0.4, 0.5) is 14.6 Å². The van der Waals surface area contributed by atoms with Gasteiger partial charge in [0.2, 0.25) is 11.8 Å². The number of carbonyl (C=O) groups is 2. The van der Waals surface area contributed by atoms with Crippen molar-refractivity contribution in [2.75, 3.05) is 57.8 Å². The van der Waals surface area contributed by atoms with E-state index in [1.807, 2.05) is 30.7 Å². The summed E-state index contributed by atoms with van der Waals surface area (Å²) in [5.74, 6) is -1.27. The summed E-state index contributed by atoms with van der Waals surface area (Å²) in [5.41, 5.74) is 0.0298. The summed E-state index contributed by atoms with van der Waals surface area (Å²) in [6, 6.07) is 3.81. The molecule has 0 radical (unpaired) electrons. The SMILES string of the molecule is C=CC(=O)N1C[C@H](C)N(c2nc(=O)n3c4c(c(-c5ccc(F)cc5F)c(Cl)cc24)OC[C@H]3CN2CCN(C)CC2=O)C[C@H]1C. The topological polar surface area (TPSA) is 91.2 Å². The first-order chi connectivity index (χ1) is 21.0. The molecule has 0 bridgehead atoms. The molecule has 232 valence electrons. The zero-order chi connectivity index (χ0) is 31.4. The van der Waals surface area contributed by atoms with E-state index >= 15 is 4.39 Å². The highest BCUT2D eigenvalue weighted by Crippen LogP contribution is 2.47. The minimum absolute atomic E-state index is 0.00852. The molecule has 1 aromatic heterocycles. The van der Waals surface area contributed by atoms with Crippen LogP contribution >= 0.6 is 11.6 Å². The molecule has 3 atom stereocenters. The number of ether oxygens (including phenoxy) is 1. The van der Waals surface area contributed by atoms with Crippen LogP contribution in [0, 0.1) is 11.6 Å². The molecule has 0 unspecified atom stereocenters. The van der Waals surface area contributed by atoms with Crippen LogP contribution in [-0.2, 0) is 9.59 Å². The highest BCUT2D eigenvalue weighted by molar-refractivity contribution is 6.35. The van der Waals surface area contributed by atoms with Gasteiger partial charge in [-0.2, -0.15) is 4.98 Å². The first kappa shape index (κ1) is 30.0. The molecule has 2 aromatic carbocycles. The van der Waals surface area contributed by atoms with Crippen LogP contribution in [0.5, 0.6) is 5.75 Å². The number of rotatable bonds is 5. The van der Waals surface area contributed by atoms with Gasteiger partial charge in [-0.05, 0) is 45.2 Å². The molecular weight excluding hydrogens is 594 g/mol. The lowest BCUT2D eigenvalue weighted by molar-refractivity contribution is -0.136. The van der Waals surface area contributed by atoms with E-state index in [4.69, 9.17) is 16.3 Å². The van der Waals surface area contributed by atoms with Gasteiger partial charge in [0.25, 0.3) is 0 Å². The zero-order valence-corrected chi connectivity index (χ0v) is 25.5. The van der Waals surface area contributed by atoms with Gasteiger partial charge in [-0.3, -0.25) is 19.1 Å². The molecule has 6 rings (SSSR count). The molecule has 2 amide bonds. The molecule has 2 saturated heterocycles. The summed E-state index contributed by atoms with van der Waals surface area (Å²) in [4.78, 5) is 51.2. The van der Waals surface area contributed by atoms with E-state index in [1.165, 1.54) is 16.7 Å². The van der Waals surface area contributed by atoms with Crippen molar-refractivity contribution in [3.05, 3.63) is 64.1 Å². The van der Waals surface area contributed by atoms with E-state index in [0.717, 1.165) is 12.1 Å². The van der Waals surface area contributed by atoms with Gasteiger partial charge in [0.1, 0.15) is 24.1 Å². The Bertz CT molecular complexity index is 1750. The number of aromatic nitrogens is 2. The van der Waals surface area contributed by atoms with Crippen molar-refractivity contribution in [3.63, 3.8) is 0 Å². The smallest absolute Gasteiger partial charge is 0.350 e. The van der Waals surface area contributed by atoms with Crippen LogP contribution in [0.2, 0.25) is 5.02 Å². The number of hydrogen-bond acceptors (Lipinski definition) is 7. The van der Waals surface area contributed by atoms with Crippen LogP contribution in [0.1, 0.15) is 19.9 Å². The number of nitrogens with zero attached hydrogens (tertiary/aromatic N) is 6. The maximum Gasteiger partial charge on any atom is 0.350 e. The molecule has 4 heterocycles. The Morgan fingerprint density at radius 3 is 2.64 bits per heavy atom. The fourth-order valence-corrected chi connectivity index (χ4v) is 6.77. The second kappa shape index (κ2) is 11.5. The third-order valence-corrected chi connectivity index (χ3v) is 9.04. The number of piperazine rings is 2. The van der Waals surface area contributed by atoms with Gasteiger partial charge in [-0.1, -0.05) is 18.2 Å². The van der Waals surface area contributed by atoms with E-state index in [-0.39, 0.29) is 65.5 Å². The van der Waals surface area contributed by atoms with Crippen molar-refractivity contribution in [2.24, 2.45) is 0 Å². The predicted octanol–water partition coefficient (Wildman–Crippen LogP) is 3.31. The lowest BCUT2D eigenvalue weighted by Gasteiger charge is -2.45. The molecule has 44 heavy (non-hydrogen) atoms. The summed E-state index contributed by atoms with van der Waals surface area (Å²) in [6.45, 7) is 9.90. The van der Waals surface area contributed by atoms with Crippen molar-refractivity contribution in [3.8, 4) is 16.9 Å². The number of carbonyl (C=O) groups excluding carboxylic acids is 2. The molecule has 3 aliphatic rings. The summed E-state index contributed by atoms with van der Waals surface area (Å²) < 4.78 is 36.8. The van der Waals surface area contributed by atoms with Gasteiger partial charge in [0.05, 0.1) is 23.1 Å². The molecule has 3 aromatic rings. The standard InChI is InChI=1S/C31H33ClF2N6O4/c1-5-25(41)38-12-18(3)39(13-17(38)2)30-22-11-23(32)27(21-7-6-19(33)10-24(21)34)29-28(22)40(31(43)35-30)20(16-44-29)14-37-9-8-36(4)15-26(37)42/h5-7,10-11,17-18,20H,1,8-9,12-16H2,2-4H3/t17-,18+,20-/m1/s1. The highest BCUT2D eigenvalue weighted by atomic mass is 35.5. The van der Waals surface area contributed by atoms with Crippen LogP contribution in [0.15, 0.2) is 41.7 Å². The van der Waals surface area contributed by atoms with Crippen molar-refractivity contribution >= 4 is 40.1 Å². The van der Waals surface area contributed by atoms with Crippen molar-refractivity contribution in [1.29, 1.82) is 0 Å². The molecule has 0 spiro atoms. The van der Waals surface area contributed by atoms with E-state index in [1.54, 1.807) is 15.9 Å². The first-order valence-electron chi connectivity index (χ1n) is 14.5. The average molecular weight is 627 g/mol. The number of hydrogen-bond donors (Lipinski definition) is 0. The lowest BCUT2D eigenvalue weighted by atomic mass is 9.99. The average Bonchev–Trinajstić information content (AvgIpc) is 2.98. The van der Waals surface area contributed by atoms with Crippen LogP contribution in [-0.4, -0.2) is 101 Å². The lowest BCUT2D eigenvalue weighted by Crippen LogP contribution is -2.58. The fourth-order valence-electron chi connectivity index (χ4n) is 6.48. The van der Waals surface area contributed by atoms with E-state index in [9.17, 15) is 18.8 Å². The summed E-state index contributed by atoms with van der Waals surface area (Å²) in [6.07, 6.45) is 1.28. The second-order valence-electron chi connectivity index (χ2n) is 11.8. The zero-order valence-electron chi connectivity index (χ0n) is 24.7. The summed E-state index contributed by atoms with van der Waals surface area (Å²) >= 11 is 6.84. The molecule has 2 fully saturated rings. The normalized spacial score (nSPS) is 22.4. The molecule has 0 saturated carbocycles. The Morgan fingerprint density at radius 2 is 1.93 bits per heavy atom. The number of anilines is 1. The Balaban J connectivity index is 1.54. The Morgan fingerprint density at radius 1 is 1.16 bits per heavy atom. The van der Waals surface area contributed by atoms with Gasteiger partial charge in [-0.25, -0.2) is 13.6 Å². The largest absolute Gasteiger partial charge is 0.488 e. The Hall–Kier alpha value is -4.03. The van der Waals surface area contributed by atoms with Gasteiger partial charge in [-0.15, -0.1) is 0 Å². The molecular formula is C31H33ClF2N6O4. The number of halogens is 3. The van der Waals surface area contributed by atoms with Gasteiger partial charge in [0, 0.05) is 67.4 Å². The van der Waals surface area contributed by atoms with Gasteiger partial charge < -0.3 is 19.4 Å². The van der Waals surface area contributed by atoms with Crippen molar-refractivity contribution in [1.82, 2.24) is 24.3 Å². The van der Waals surface area contributed by atoms with E-state index in [0.29, 0.717) is 42.9 Å². The van der Waals surface area contributed by atoms with Crippen LogP contribution < -0.4 is 15.3 Å². The number of likely N-dealkylation sites (N-methyl/N-ethyl adjacent to an activating group) is 1. The number of amides is 2. The number of benzene rings is 2. The maximum atomic E-state index is 15.2. The van der Waals surface area contributed by atoms with Crippen LogP contribution in [0.3, 0.4) is 0 Å². The molecule has 0 N–H and O–H groups in total. The van der Waals surface area contributed by atoms with Gasteiger partial charge >= 0.3 is 5.69 Å². The monoisotopic (exact) mass is 626 g/mol.